The standard InChI is InChI=1S/C14H18N4O3S/c1-7-10(8(2)22-18-7)11(19)15-9-3-5-14(6-4-9)12(20)16-13(21)17-14/h9H,3-6H2,1-2H3,(H,15,19)(H2,16,17,20,21). The van der Waals surface area contributed by atoms with Gasteiger partial charge in [0.1, 0.15) is 5.54 Å². The third-order valence-corrected chi connectivity index (χ3v) is 5.29. The van der Waals surface area contributed by atoms with Gasteiger partial charge in [-0.25, -0.2) is 4.79 Å². The summed E-state index contributed by atoms with van der Waals surface area (Å²) >= 11 is 1.33. The highest BCUT2D eigenvalue weighted by Crippen LogP contribution is 2.31. The van der Waals surface area contributed by atoms with Gasteiger partial charge in [-0.1, -0.05) is 0 Å². The number of amides is 4. The Morgan fingerprint density at radius 1 is 1.32 bits per heavy atom. The zero-order valence-corrected chi connectivity index (χ0v) is 13.3. The zero-order chi connectivity index (χ0) is 15.9. The fraction of sp³-hybridized carbons (Fsp3) is 0.571. The first kappa shape index (κ1) is 15.0. The van der Waals surface area contributed by atoms with Crippen LogP contribution in [-0.4, -0.2) is 33.8 Å². The van der Waals surface area contributed by atoms with Crippen LogP contribution in [0.2, 0.25) is 0 Å². The van der Waals surface area contributed by atoms with Gasteiger partial charge in [-0.05, 0) is 51.1 Å². The Morgan fingerprint density at radius 2 is 2.00 bits per heavy atom. The van der Waals surface area contributed by atoms with Crippen LogP contribution >= 0.6 is 11.5 Å². The monoisotopic (exact) mass is 322 g/mol. The SMILES string of the molecule is Cc1nsc(C)c1C(=O)NC1CCC2(CC1)NC(=O)NC2=O. The average Bonchev–Trinajstić information content (AvgIpc) is 2.93. The molecule has 0 unspecified atom stereocenters. The van der Waals surface area contributed by atoms with Crippen LogP contribution in [-0.2, 0) is 4.79 Å². The van der Waals surface area contributed by atoms with Gasteiger partial charge in [-0.2, -0.15) is 4.37 Å². The van der Waals surface area contributed by atoms with Crippen molar-refractivity contribution in [1.82, 2.24) is 20.3 Å². The Labute approximate surface area is 132 Å². The first-order valence-corrected chi connectivity index (χ1v) is 8.06. The van der Waals surface area contributed by atoms with Crippen molar-refractivity contribution in [2.75, 3.05) is 0 Å². The van der Waals surface area contributed by atoms with Gasteiger partial charge in [0.15, 0.2) is 0 Å². The number of carbonyl (C=O) groups excluding carboxylic acids is 3. The molecule has 118 valence electrons. The molecule has 2 aliphatic rings. The zero-order valence-electron chi connectivity index (χ0n) is 12.5. The lowest BCUT2D eigenvalue weighted by atomic mass is 9.79. The second-order valence-corrected chi connectivity index (χ2v) is 6.91. The first-order valence-electron chi connectivity index (χ1n) is 7.28. The van der Waals surface area contributed by atoms with E-state index in [0.29, 0.717) is 31.2 Å². The van der Waals surface area contributed by atoms with Gasteiger partial charge in [0.05, 0.1) is 11.3 Å². The van der Waals surface area contributed by atoms with E-state index in [9.17, 15) is 14.4 Å². The lowest BCUT2D eigenvalue weighted by Crippen LogP contribution is -2.52. The minimum atomic E-state index is -0.784. The maximum atomic E-state index is 12.4. The molecule has 7 nitrogen and oxygen atoms in total. The van der Waals surface area contributed by atoms with E-state index in [1.165, 1.54) is 11.5 Å². The van der Waals surface area contributed by atoms with Gasteiger partial charge in [-0.3, -0.25) is 14.9 Å². The van der Waals surface area contributed by atoms with Gasteiger partial charge >= 0.3 is 6.03 Å². The van der Waals surface area contributed by atoms with Gasteiger partial charge < -0.3 is 10.6 Å². The fourth-order valence-electron chi connectivity index (χ4n) is 3.20. The number of aromatic nitrogens is 1. The van der Waals surface area contributed by atoms with Crippen LogP contribution in [0.25, 0.3) is 0 Å². The predicted molar refractivity (Wildman–Crippen MR) is 80.7 cm³/mol. The van der Waals surface area contributed by atoms with Gasteiger partial charge in [0.2, 0.25) is 0 Å². The van der Waals surface area contributed by atoms with Crippen LogP contribution in [0.15, 0.2) is 0 Å². The lowest BCUT2D eigenvalue weighted by Gasteiger charge is -2.34. The molecular weight excluding hydrogens is 304 g/mol. The van der Waals surface area contributed by atoms with E-state index in [1.54, 1.807) is 0 Å². The van der Waals surface area contributed by atoms with E-state index in [4.69, 9.17) is 0 Å². The molecule has 0 radical (unpaired) electrons. The van der Waals surface area contributed by atoms with Crippen molar-refractivity contribution in [3.8, 4) is 0 Å². The number of hydrogen-bond donors (Lipinski definition) is 3. The molecule has 3 N–H and O–H groups in total. The highest BCUT2D eigenvalue weighted by molar-refractivity contribution is 7.06. The van der Waals surface area contributed by atoms with Gasteiger partial charge in [0, 0.05) is 10.9 Å². The molecule has 1 aliphatic heterocycles. The molecule has 4 amide bonds. The topological polar surface area (TPSA) is 100 Å². The van der Waals surface area contributed by atoms with E-state index in [-0.39, 0.29) is 17.9 Å². The summed E-state index contributed by atoms with van der Waals surface area (Å²) in [5, 5.41) is 8.02. The smallest absolute Gasteiger partial charge is 0.322 e. The second kappa shape index (κ2) is 5.35. The molecule has 1 saturated heterocycles. The molecule has 1 aromatic rings. The third kappa shape index (κ3) is 2.47. The number of nitrogens with zero attached hydrogens (tertiary/aromatic N) is 1. The summed E-state index contributed by atoms with van der Waals surface area (Å²) in [5.41, 5.74) is 0.612. The van der Waals surface area contributed by atoms with Crippen LogP contribution in [0, 0.1) is 13.8 Å². The maximum absolute atomic E-state index is 12.4. The van der Waals surface area contributed by atoms with Crippen LogP contribution in [0.5, 0.6) is 0 Å². The Morgan fingerprint density at radius 3 is 2.50 bits per heavy atom. The number of imide groups is 1. The van der Waals surface area contributed by atoms with Crippen LogP contribution in [0.4, 0.5) is 4.79 Å². The normalized spacial score (nSPS) is 27.6. The van der Waals surface area contributed by atoms with Crippen molar-refractivity contribution in [1.29, 1.82) is 0 Å². The lowest BCUT2D eigenvalue weighted by molar-refractivity contribution is -0.125. The van der Waals surface area contributed by atoms with E-state index in [2.05, 4.69) is 20.3 Å². The van der Waals surface area contributed by atoms with Crippen molar-refractivity contribution in [3.05, 3.63) is 16.1 Å². The van der Waals surface area contributed by atoms with E-state index >= 15 is 0 Å². The maximum Gasteiger partial charge on any atom is 0.322 e. The quantitative estimate of drug-likeness (QED) is 0.707. The molecule has 8 heteroatoms. The molecule has 1 spiro atoms. The number of rotatable bonds is 2. The summed E-state index contributed by atoms with van der Waals surface area (Å²) in [7, 11) is 0. The van der Waals surface area contributed by atoms with Gasteiger partial charge in [-0.15, -0.1) is 0 Å². The summed E-state index contributed by atoms with van der Waals surface area (Å²) in [6.07, 6.45) is 2.40. The summed E-state index contributed by atoms with van der Waals surface area (Å²) in [6.45, 7) is 3.71. The highest BCUT2D eigenvalue weighted by atomic mass is 32.1. The molecule has 1 saturated carbocycles. The molecule has 2 fully saturated rings. The number of carbonyl (C=O) groups is 3. The molecule has 1 aliphatic carbocycles. The number of aryl methyl sites for hydroxylation is 2. The Kier molecular flexibility index (Phi) is 3.64. The summed E-state index contributed by atoms with van der Waals surface area (Å²) in [4.78, 5) is 36.4. The van der Waals surface area contributed by atoms with Crippen molar-refractivity contribution in [2.24, 2.45) is 0 Å². The molecule has 0 bridgehead atoms. The number of nitrogens with one attached hydrogen (secondary N) is 3. The number of urea groups is 1. The predicted octanol–water partition coefficient (Wildman–Crippen LogP) is 1.01. The van der Waals surface area contributed by atoms with Crippen molar-refractivity contribution in [2.45, 2.75) is 51.1 Å². The average molecular weight is 322 g/mol. The highest BCUT2D eigenvalue weighted by Gasteiger charge is 2.48. The van der Waals surface area contributed by atoms with Crippen LogP contribution < -0.4 is 16.0 Å². The Balaban J connectivity index is 1.62. The molecule has 0 atom stereocenters. The molecular formula is C14H18N4O3S. The fourth-order valence-corrected chi connectivity index (χ4v) is 3.90. The minimum Gasteiger partial charge on any atom is -0.349 e. The van der Waals surface area contributed by atoms with Gasteiger partial charge in [0.25, 0.3) is 11.8 Å². The van der Waals surface area contributed by atoms with Crippen LogP contribution in [0.1, 0.15) is 46.6 Å². The molecule has 0 aromatic carbocycles. The largest absolute Gasteiger partial charge is 0.349 e. The number of hydrogen-bond acceptors (Lipinski definition) is 5. The summed E-state index contributed by atoms with van der Waals surface area (Å²) in [5.74, 6) is -0.361. The van der Waals surface area contributed by atoms with E-state index in [0.717, 1.165) is 10.6 Å². The Hall–Kier alpha value is -1.96. The van der Waals surface area contributed by atoms with Crippen LogP contribution in [0.3, 0.4) is 0 Å². The van der Waals surface area contributed by atoms with Crippen molar-refractivity contribution >= 4 is 29.4 Å². The minimum absolute atomic E-state index is 0.0159. The Bertz CT molecular complexity index is 627. The summed E-state index contributed by atoms with van der Waals surface area (Å²) in [6, 6.07) is -0.412. The van der Waals surface area contributed by atoms with Crippen molar-refractivity contribution < 1.29 is 14.4 Å². The molecule has 1 aromatic heterocycles. The second-order valence-electron chi connectivity index (χ2n) is 5.94. The third-order valence-electron chi connectivity index (χ3n) is 4.45. The molecule has 2 heterocycles. The van der Waals surface area contributed by atoms with Crippen molar-refractivity contribution in [3.63, 3.8) is 0 Å². The van der Waals surface area contributed by atoms with E-state index < -0.39 is 11.6 Å². The molecule has 3 rings (SSSR count). The molecule has 22 heavy (non-hydrogen) atoms. The summed E-state index contributed by atoms with van der Waals surface area (Å²) < 4.78 is 4.19. The first-order chi connectivity index (χ1) is 10.4. The van der Waals surface area contributed by atoms with E-state index in [1.807, 2.05) is 13.8 Å².